The summed E-state index contributed by atoms with van der Waals surface area (Å²) in [4.78, 5) is 12.8. The first-order chi connectivity index (χ1) is 13.2. The highest BCUT2D eigenvalue weighted by atomic mass is 32.2. The molecule has 1 aromatic heterocycles. The fourth-order valence-corrected chi connectivity index (χ4v) is 4.34. The average Bonchev–Trinajstić information content (AvgIpc) is 3.04. The molecule has 0 fully saturated rings. The van der Waals surface area contributed by atoms with E-state index >= 15 is 0 Å². The zero-order valence-electron chi connectivity index (χ0n) is 17.1. The molecular formula is C20H29N3O4S. The summed E-state index contributed by atoms with van der Waals surface area (Å²) in [7, 11) is -1.96. The standard InChI is InChI=1S/C20H29N3O4S/c1-6-23(7-2)28(25,26)18-12-19(22(5)13-18)20(24)21-17-10-8-9-16(11-17)14-27-15(3)4/h8-13,15H,6-7,14H2,1-5H3,(H,21,24). The van der Waals surface area contributed by atoms with Crippen molar-refractivity contribution in [3.05, 3.63) is 47.8 Å². The lowest BCUT2D eigenvalue weighted by Gasteiger charge is -2.17. The Balaban J connectivity index is 2.20. The fraction of sp³-hybridized carbons (Fsp3) is 0.450. The van der Waals surface area contributed by atoms with Gasteiger partial charge in [-0.2, -0.15) is 4.31 Å². The predicted octanol–water partition coefficient (Wildman–Crippen LogP) is 3.23. The highest BCUT2D eigenvalue weighted by Crippen LogP contribution is 2.20. The van der Waals surface area contributed by atoms with E-state index in [2.05, 4.69) is 5.32 Å². The van der Waals surface area contributed by atoms with E-state index in [0.717, 1.165) is 5.56 Å². The summed E-state index contributed by atoms with van der Waals surface area (Å²) in [5.41, 5.74) is 1.85. The summed E-state index contributed by atoms with van der Waals surface area (Å²) in [6, 6.07) is 8.81. The number of aromatic nitrogens is 1. The lowest BCUT2D eigenvalue weighted by molar-refractivity contribution is 0.0657. The van der Waals surface area contributed by atoms with Gasteiger partial charge in [-0.15, -0.1) is 0 Å². The molecule has 0 aliphatic rings. The molecule has 1 aromatic carbocycles. The van der Waals surface area contributed by atoms with Crippen LogP contribution in [-0.2, 0) is 28.4 Å². The van der Waals surface area contributed by atoms with Crippen molar-refractivity contribution in [2.24, 2.45) is 7.05 Å². The molecule has 0 aliphatic heterocycles. The van der Waals surface area contributed by atoms with Crippen molar-refractivity contribution in [3.63, 3.8) is 0 Å². The fourth-order valence-electron chi connectivity index (χ4n) is 2.81. The molecule has 0 bridgehead atoms. The van der Waals surface area contributed by atoms with E-state index in [1.807, 2.05) is 32.0 Å². The number of rotatable bonds is 9. The van der Waals surface area contributed by atoms with Crippen LogP contribution in [0.2, 0.25) is 0 Å². The Labute approximate surface area is 167 Å². The van der Waals surface area contributed by atoms with Crippen molar-refractivity contribution in [2.75, 3.05) is 18.4 Å². The minimum absolute atomic E-state index is 0.114. The molecule has 0 aliphatic carbocycles. The number of hydrogen-bond donors (Lipinski definition) is 1. The Kier molecular flexibility index (Phi) is 7.40. The minimum Gasteiger partial charge on any atom is -0.374 e. The van der Waals surface area contributed by atoms with Crippen molar-refractivity contribution in [1.29, 1.82) is 0 Å². The van der Waals surface area contributed by atoms with E-state index in [9.17, 15) is 13.2 Å². The number of ether oxygens (including phenoxy) is 1. The summed E-state index contributed by atoms with van der Waals surface area (Å²) < 4.78 is 33.8. The summed E-state index contributed by atoms with van der Waals surface area (Å²) in [5.74, 6) is -0.370. The Morgan fingerprint density at radius 1 is 1.21 bits per heavy atom. The maximum atomic E-state index is 12.7. The van der Waals surface area contributed by atoms with Crippen LogP contribution in [0.5, 0.6) is 0 Å². The van der Waals surface area contributed by atoms with E-state index in [-0.39, 0.29) is 22.6 Å². The molecule has 0 spiro atoms. The molecule has 1 amide bonds. The van der Waals surface area contributed by atoms with Crippen molar-refractivity contribution in [2.45, 2.75) is 45.3 Å². The Hall–Kier alpha value is -2.16. The quantitative estimate of drug-likeness (QED) is 0.692. The molecule has 0 atom stereocenters. The van der Waals surface area contributed by atoms with Gasteiger partial charge >= 0.3 is 0 Å². The van der Waals surface area contributed by atoms with Crippen LogP contribution >= 0.6 is 0 Å². The van der Waals surface area contributed by atoms with Gasteiger partial charge in [-0.25, -0.2) is 8.42 Å². The van der Waals surface area contributed by atoms with Crippen LogP contribution in [-0.4, -0.2) is 42.4 Å². The number of hydrogen-bond acceptors (Lipinski definition) is 4. The number of carbonyl (C=O) groups is 1. The van der Waals surface area contributed by atoms with Gasteiger partial charge in [0, 0.05) is 32.0 Å². The van der Waals surface area contributed by atoms with Crippen LogP contribution in [0.4, 0.5) is 5.69 Å². The number of anilines is 1. The third kappa shape index (κ3) is 5.21. The van der Waals surface area contributed by atoms with Crippen molar-refractivity contribution in [1.82, 2.24) is 8.87 Å². The number of nitrogens with one attached hydrogen (secondary N) is 1. The lowest BCUT2D eigenvalue weighted by atomic mass is 10.2. The third-order valence-corrected chi connectivity index (χ3v) is 6.34. The zero-order chi connectivity index (χ0) is 20.9. The molecule has 154 valence electrons. The van der Waals surface area contributed by atoms with Crippen LogP contribution in [0.1, 0.15) is 43.7 Å². The summed E-state index contributed by atoms with van der Waals surface area (Å²) in [5, 5.41) is 2.83. The van der Waals surface area contributed by atoms with Gasteiger partial charge in [0.15, 0.2) is 0 Å². The molecular weight excluding hydrogens is 378 g/mol. The SMILES string of the molecule is CCN(CC)S(=O)(=O)c1cc(C(=O)Nc2cccc(COC(C)C)c2)n(C)c1. The van der Waals surface area contributed by atoms with Gasteiger partial charge in [-0.3, -0.25) is 4.79 Å². The number of carbonyl (C=O) groups excluding carboxylic acids is 1. The van der Waals surface area contributed by atoms with Crippen LogP contribution in [0, 0.1) is 0 Å². The largest absolute Gasteiger partial charge is 0.374 e. The highest BCUT2D eigenvalue weighted by Gasteiger charge is 2.25. The predicted molar refractivity (Wildman–Crippen MR) is 110 cm³/mol. The highest BCUT2D eigenvalue weighted by molar-refractivity contribution is 7.89. The molecule has 2 rings (SSSR count). The lowest BCUT2D eigenvalue weighted by Crippen LogP contribution is -2.30. The third-order valence-electron chi connectivity index (χ3n) is 4.32. The normalized spacial score (nSPS) is 12.0. The molecule has 1 N–H and O–H groups in total. The molecule has 7 nitrogen and oxygen atoms in total. The Bertz CT molecular complexity index is 915. The van der Waals surface area contributed by atoms with E-state index in [0.29, 0.717) is 25.4 Å². The van der Waals surface area contributed by atoms with Gasteiger partial charge in [0.25, 0.3) is 5.91 Å². The summed E-state index contributed by atoms with van der Waals surface area (Å²) in [6.07, 6.45) is 1.59. The van der Waals surface area contributed by atoms with Gasteiger partial charge < -0.3 is 14.6 Å². The van der Waals surface area contributed by atoms with Crippen LogP contribution < -0.4 is 5.32 Å². The zero-order valence-corrected chi connectivity index (χ0v) is 17.9. The second-order valence-corrected chi connectivity index (χ2v) is 8.71. The summed E-state index contributed by atoms with van der Waals surface area (Å²) in [6.45, 7) is 8.70. The first-order valence-electron chi connectivity index (χ1n) is 9.37. The Morgan fingerprint density at radius 3 is 2.50 bits per heavy atom. The molecule has 0 saturated carbocycles. The van der Waals surface area contributed by atoms with Crippen molar-refractivity contribution < 1.29 is 17.9 Å². The maximum absolute atomic E-state index is 12.7. The van der Waals surface area contributed by atoms with Crippen molar-refractivity contribution >= 4 is 21.6 Å². The van der Waals surface area contributed by atoms with Gasteiger partial charge in [-0.1, -0.05) is 26.0 Å². The van der Waals surface area contributed by atoms with E-state index in [1.165, 1.54) is 21.1 Å². The molecule has 28 heavy (non-hydrogen) atoms. The second-order valence-electron chi connectivity index (χ2n) is 6.78. The number of aryl methyl sites for hydroxylation is 1. The summed E-state index contributed by atoms with van der Waals surface area (Å²) >= 11 is 0. The molecule has 1 heterocycles. The number of benzene rings is 1. The number of nitrogens with zero attached hydrogens (tertiary/aromatic N) is 2. The van der Waals surface area contributed by atoms with Crippen LogP contribution in [0.25, 0.3) is 0 Å². The van der Waals surface area contributed by atoms with Crippen molar-refractivity contribution in [3.8, 4) is 0 Å². The molecule has 0 radical (unpaired) electrons. The number of sulfonamides is 1. The van der Waals surface area contributed by atoms with E-state index in [1.54, 1.807) is 27.0 Å². The maximum Gasteiger partial charge on any atom is 0.272 e. The molecule has 0 unspecified atom stereocenters. The van der Waals surface area contributed by atoms with Gasteiger partial charge in [0.1, 0.15) is 10.6 Å². The molecule has 0 saturated heterocycles. The van der Waals surface area contributed by atoms with E-state index in [4.69, 9.17) is 4.74 Å². The Morgan fingerprint density at radius 2 is 1.89 bits per heavy atom. The van der Waals surface area contributed by atoms with Gasteiger partial charge in [0.2, 0.25) is 10.0 Å². The van der Waals surface area contributed by atoms with Gasteiger partial charge in [0.05, 0.1) is 12.7 Å². The van der Waals surface area contributed by atoms with Crippen LogP contribution in [0.3, 0.4) is 0 Å². The molecule has 8 heteroatoms. The smallest absolute Gasteiger partial charge is 0.272 e. The van der Waals surface area contributed by atoms with E-state index < -0.39 is 10.0 Å². The second kappa shape index (κ2) is 9.36. The molecule has 2 aromatic rings. The monoisotopic (exact) mass is 407 g/mol. The average molecular weight is 408 g/mol. The first kappa shape index (κ1) is 22.1. The minimum atomic E-state index is -3.62. The van der Waals surface area contributed by atoms with Gasteiger partial charge in [-0.05, 0) is 37.6 Å². The first-order valence-corrected chi connectivity index (χ1v) is 10.8. The topological polar surface area (TPSA) is 80.6 Å². The number of amides is 1. The van der Waals surface area contributed by atoms with Crippen LogP contribution in [0.15, 0.2) is 41.4 Å².